The fourth-order valence-electron chi connectivity index (χ4n) is 3.45. The molecule has 1 aliphatic heterocycles. The molecule has 0 bridgehead atoms. The van der Waals surface area contributed by atoms with Crippen LogP contribution in [0.2, 0.25) is 5.02 Å². The Morgan fingerprint density at radius 3 is 2.72 bits per heavy atom. The third-order valence-electron chi connectivity index (χ3n) is 5.03. The van der Waals surface area contributed by atoms with Gasteiger partial charge < -0.3 is 10.6 Å². The van der Waals surface area contributed by atoms with Crippen molar-refractivity contribution in [3.05, 3.63) is 44.9 Å². The summed E-state index contributed by atoms with van der Waals surface area (Å²) >= 11 is 7.76. The highest BCUT2D eigenvalue weighted by Gasteiger charge is 2.26. The molecule has 0 aliphatic carbocycles. The number of rotatable bonds is 7. The van der Waals surface area contributed by atoms with Gasteiger partial charge in [0.15, 0.2) is 0 Å². The molecule has 8 heteroatoms. The van der Waals surface area contributed by atoms with Crippen LogP contribution in [0.3, 0.4) is 0 Å². The molecule has 0 atom stereocenters. The van der Waals surface area contributed by atoms with E-state index in [1.807, 2.05) is 13.8 Å². The maximum atomic E-state index is 12.8. The molecule has 1 fully saturated rings. The largest absolute Gasteiger partial charge is 0.352 e. The first kappa shape index (κ1) is 21.7. The van der Waals surface area contributed by atoms with Gasteiger partial charge in [0.25, 0.3) is 5.91 Å². The zero-order valence-corrected chi connectivity index (χ0v) is 18.4. The van der Waals surface area contributed by atoms with Gasteiger partial charge in [0.1, 0.15) is 0 Å². The number of halogens is 1. The molecule has 0 unspecified atom stereocenters. The smallest absolute Gasteiger partial charge is 0.253 e. The van der Waals surface area contributed by atoms with Crippen molar-refractivity contribution in [3.8, 4) is 0 Å². The molecule has 1 aromatic carbocycles. The van der Waals surface area contributed by atoms with E-state index in [1.165, 1.54) is 0 Å². The number of anilines is 1. The highest BCUT2D eigenvalue weighted by atomic mass is 35.5. The third-order valence-corrected chi connectivity index (χ3v) is 6.09. The summed E-state index contributed by atoms with van der Waals surface area (Å²) < 4.78 is 0. The van der Waals surface area contributed by atoms with Gasteiger partial charge >= 0.3 is 0 Å². The van der Waals surface area contributed by atoms with Crippen molar-refractivity contribution in [2.45, 2.75) is 39.7 Å². The number of likely N-dealkylation sites (tertiary alicyclic amines) is 1. The van der Waals surface area contributed by atoms with Crippen LogP contribution in [-0.2, 0) is 11.3 Å². The summed E-state index contributed by atoms with van der Waals surface area (Å²) in [6, 6.07) is 4.96. The Balaban J connectivity index is 1.58. The van der Waals surface area contributed by atoms with Gasteiger partial charge in [-0.2, -0.15) is 0 Å². The second kappa shape index (κ2) is 10.2. The Labute approximate surface area is 180 Å². The summed E-state index contributed by atoms with van der Waals surface area (Å²) in [4.78, 5) is 32.1. The van der Waals surface area contributed by atoms with Crippen molar-refractivity contribution >= 4 is 40.4 Å². The number of amides is 2. The molecule has 1 saturated heterocycles. The van der Waals surface area contributed by atoms with Gasteiger partial charge in [0, 0.05) is 29.4 Å². The number of thiazole rings is 1. The predicted molar refractivity (Wildman–Crippen MR) is 118 cm³/mol. The lowest BCUT2D eigenvalue weighted by Gasteiger charge is -2.30. The standard InChI is InChI=1S/C21H27ClN4O2S/c1-3-8-23-21(28)18-5-4-16(22)11-19(18)25-20(27)15-6-9-26(10-7-15)12-17-13-29-14(2)24-17/h4-5,11,13,15H,3,6-10,12H2,1-2H3,(H,23,28)(H,25,27). The van der Waals surface area contributed by atoms with Crippen molar-refractivity contribution in [1.29, 1.82) is 0 Å². The number of carbonyl (C=O) groups excluding carboxylic acids is 2. The molecular formula is C21H27ClN4O2S. The van der Waals surface area contributed by atoms with Crippen LogP contribution in [0.1, 0.15) is 47.2 Å². The number of aryl methyl sites for hydroxylation is 1. The number of benzene rings is 1. The highest BCUT2D eigenvalue weighted by molar-refractivity contribution is 7.09. The minimum atomic E-state index is -0.202. The number of nitrogens with zero attached hydrogens (tertiary/aromatic N) is 2. The first-order chi connectivity index (χ1) is 14.0. The summed E-state index contributed by atoms with van der Waals surface area (Å²) in [7, 11) is 0. The SMILES string of the molecule is CCCNC(=O)c1ccc(Cl)cc1NC(=O)C1CCN(Cc2csc(C)n2)CC1. The normalized spacial score (nSPS) is 15.3. The molecule has 6 nitrogen and oxygen atoms in total. The number of hydrogen-bond donors (Lipinski definition) is 2. The van der Waals surface area contributed by atoms with Gasteiger partial charge in [-0.3, -0.25) is 14.5 Å². The van der Waals surface area contributed by atoms with Crippen molar-refractivity contribution < 1.29 is 9.59 Å². The van der Waals surface area contributed by atoms with Gasteiger partial charge in [-0.05, 0) is 57.5 Å². The van der Waals surface area contributed by atoms with E-state index in [2.05, 4.69) is 25.9 Å². The quantitative estimate of drug-likeness (QED) is 0.688. The zero-order valence-electron chi connectivity index (χ0n) is 16.8. The second-order valence-electron chi connectivity index (χ2n) is 7.34. The minimum absolute atomic E-state index is 0.0547. The van der Waals surface area contributed by atoms with Crippen molar-refractivity contribution in [2.75, 3.05) is 25.0 Å². The Hall–Kier alpha value is -1.96. The molecular weight excluding hydrogens is 408 g/mol. The van der Waals surface area contributed by atoms with Crippen LogP contribution >= 0.6 is 22.9 Å². The van der Waals surface area contributed by atoms with Gasteiger partial charge in [0.05, 0.1) is 22.0 Å². The number of piperidine rings is 1. The van der Waals surface area contributed by atoms with E-state index >= 15 is 0 Å². The van der Waals surface area contributed by atoms with Gasteiger partial charge in [-0.1, -0.05) is 18.5 Å². The molecule has 2 aromatic rings. The monoisotopic (exact) mass is 434 g/mol. The average Bonchev–Trinajstić information content (AvgIpc) is 3.11. The van der Waals surface area contributed by atoms with Crippen LogP contribution in [0.25, 0.3) is 0 Å². The maximum absolute atomic E-state index is 12.8. The average molecular weight is 435 g/mol. The highest BCUT2D eigenvalue weighted by Crippen LogP contribution is 2.25. The Kier molecular flexibility index (Phi) is 7.64. The lowest BCUT2D eigenvalue weighted by Crippen LogP contribution is -2.38. The summed E-state index contributed by atoms with van der Waals surface area (Å²) in [5, 5.41) is 9.44. The summed E-state index contributed by atoms with van der Waals surface area (Å²) in [5.41, 5.74) is 2.00. The molecule has 29 heavy (non-hydrogen) atoms. The Morgan fingerprint density at radius 2 is 2.07 bits per heavy atom. The van der Waals surface area contributed by atoms with Crippen LogP contribution in [-0.4, -0.2) is 41.3 Å². The lowest BCUT2D eigenvalue weighted by molar-refractivity contribution is -0.121. The molecule has 1 aromatic heterocycles. The van der Waals surface area contributed by atoms with Crippen LogP contribution in [0, 0.1) is 12.8 Å². The summed E-state index contributed by atoms with van der Waals surface area (Å²) in [6.45, 7) is 7.13. The molecule has 0 spiro atoms. The molecule has 2 N–H and O–H groups in total. The van der Waals surface area contributed by atoms with Gasteiger partial charge in [-0.15, -0.1) is 11.3 Å². The Bertz CT molecular complexity index is 862. The molecule has 2 amide bonds. The fraction of sp³-hybridized carbons (Fsp3) is 0.476. The van der Waals surface area contributed by atoms with E-state index in [-0.39, 0.29) is 17.7 Å². The van der Waals surface area contributed by atoms with E-state index in [9.17, 15) is 9.59 Å². The molecule has 0 saturated carbocycles. The van der Waals surface area contributed by atoms with Crippen LogP contribution < -0.4 is 10.6 Å². The van der Waals surface area contributed by atoms with Crippen molar-refractivity contribution in [2.24, 2.45) is 5.92 Å². The fourth-order valence-corrected chi connectivity index (χ4v) is 4.23. The van der Waals surface area contributed by atoms with Crippen LogP contribution in [0.15, 0.2) is 23.6 Å². The van der Waals surface area contributed by atoms with Crippen LogP contribution in [0.5, 0.6) is 0 Å². The van der Waals surface area contributed by atoms with Crippen molar-refractivity contribution in [3.63, 3.8) is 0 Å². The number of hydrogen-bond acceptors (Lipinski definition) is 5. The Morgan fingerprint density at radius 1 is 1.31 bits per heavy atom. The number of nitrogens with one attached hydrogen (secondary N) is 2. The molecule has 0 radical (unpaired) electrons. The van der Waals surface area contributed by atoms with E-state index in [0.29, 0.717) is 22.8 Å². The minimum Gasteiger partial charge on any atom is -0.352 e. The first-order valence-electron chi connectivity index (χ1n) is 9.98. The van der Waals surface area contributed by atoms with Crippen molar-refractivity contribution in [1.82, 2.24) is 15.2 Å². The number of aromatic nitrogens is 1. The molecule has 1 aliphatic rings. The molecule has 156 valence electrons. The van der Waals surface area contributed by atoms with Gasteiger partial charge in [-0.25, -0.2) is 4.98 Å². The van der Waals surface area contributed by atoms with E-state index in [1.54, 1.807) is 29.5 Å². The summed E-state index contributed by atoms with van der Waals surface area (Å²) in [5.74, 6) is -0.331. The first-order valence-corrected chi connectivity index (χ1v) is 11.2. The lowest BCUT2D eigenvalue weighted by atomic mass is 9.95. The van der Waals surface area contributed by atoms with E-state index in [4.69, 9.17) is 11.6 Å². The zero-order chi connectivity index (χ0) is 20.8. The second-order valence-corrected chi connectivity index (χ2v) is 8.84. The predicted octanol–water partition coefficient (Wildman–Crippen LogP) is 4.10. The van der Waals surface area contributed by atoms with E-state index < -0.39 is 0 Å². The topological polar surface area (TPSA) is 74.3 Å². The summed E-state index contributed by atoms with van der Waals surface area (Å²) in [6.07, 6.45) is 2.42. The molecule has 2 heterocycles. The molecule has 3 rings (SSSR count). The maximum Gasteiger partial charge on any atom is 0.253 e. The third kappa shape index (κ3) is 6.01. The van der Waals surface area contributed by atoms with Crippen LogP contribution in [0.4, 0.5) is 5.69 Å². The van der Waals surface area contributed by atoms with E-state index in [0.717, 1.165) is 49.6 Å². The van der Waals surface area contributed by atoms with Gasteiger partial charge in [0.2, 0.25) is 5.91 Å². The number of carbonyl (C=O) groups is 2.